The van der Waals surface area contributed by atoms with E-state index in [9.17, 15) is 9.90 Å². The number of aliphatic hydroxyl groups is 1. The van der Waals surface area contributed by atoms with E-state index < -0.39 is 0 Å². The normalized spacial score (nSPS) is 16.3. The molecule has 0 spiro atoms. The summed E-state index contributed by atoms with van der Waals surface area (Å²) in [5.74, 6) is 0.500. The van der Waals surface area contributed by atoms with Crippen LogP contribution in [0.5, 0.6) is 0 Å². The minimum absolute atomic E-state index is 0.00624. The standard InChI is InChI=1S/C15H19N3O2/c1-18-14-5-4-10(16)6-11(14)12(7-15(18)20)17-13(8-19)9-2-3-9/h4-7,9,13,17,19H,2-3,8,16H2,1H3. The molecule has 1 saturated carbocycles. The number of anilines is 2. The first kappa shape index (κ1) is 13.0. The Hall–Kier alpha value is -2.01. The molecule has 1 atom stereocenters. The van der Waals surface area contributed by atoms with Gasteiger partial charge in [0.05, 0.1) is 18.2 Å². The van der Waals surface area contributed by atoms with Gasteiger partial charge < -0.3 is 20.7 Å². The number of nitrogen functional groups attached to an aromatic ring is 1. The number of nitrogens with one attached hydrogen (secondary N) is 1. The number of aromatic nitrogens is 1. The second-order valence-electron chi connectivity index (χ2n) is 5.50. The fraction of sp³-hybridized carbons (Fsp3) is 0.400. The van der Waals surface area contributed by atoms with E-state index in [1.165, 1.54) is 0 Å². The Kier molecular flexibility index (Phi) is 3.14. The molecule has 0 bridgehead atoms. The quantitative estimate of drug-likeness (QED) is 0.734. The second kappa shape index (κ2) is 4.83. The topological polar surface area (TPSA) is 80.3 Å². The summed E-state index contributed by atoms with van der Waals surface area (Å²) in [7, 11) is 1.75. The number of aliphatic hydroxyl groups excluding tert-OH is 1. The highest BCUT2D eigenvalue weighted by Crippen LogP contribution is 2.35. The predicted octanol–water partition coefficient (Wildman–Crippen LogP) is 1.30. The third-order valence-electron chi connectivity index (χ3n) is 4.00. The van der Waals surface area contributed by atoms with Gasteiger partial charge in [-0.2, -0.15) is 0 Å². The van der Waals surface area contributed by atoms with Crippen LogP contribution in [0.4, 0.5) is 11.4 Å². The lowest BCUT2D eigenvalue weighted by Crippen LogP contribution is -2.27. The number of hydrogen-bond acceptors (Lipinski definition) is 4. The van der Waals surface area contributed by atoms with Gasteiger partial charge in [0.15, 0.2) is 0 Å². The number of rotatable bonds is 4. The first-order valence-corrected chi connectivity index (χ1v) is 6.87. The van der Waals surface area contributed by atoms with Crippen molar-refractivity contribution in [3.05, 3.63) is 34.6 Å². The molecule has 1 aliphatic rings. The summed E-state index contributed by atoms with van der Waals surface area (Å²) in [5, 5.41) is 13.7. The highest BCUT2D eigenvalue weighted by molar-refractivity contribution is 5.93. The second-order valence-corrected chi connectivity index (χ2v) is 5.50. The van der Waals surface area contributed by atoms with Crippen LogP contribution in [0, 0.1) is 5.92 Å². The summed E-state index contributed by atoms with van der Waals surface area (Å²) in [6.45, 7) is 0.0731. The molecule has 1 aliphatic carbocycles. The molecule has 2 aromatic rings. The molecule has 1 heterocycles. The van der Waals surface area contributed by atoms with Crippen LogP contribution in [-0.4, -0.2) is 22.3 Å². The zero-order chi connectivity index (χ0) is 14.3. The maximum absolute atomic E-state index is 12.0. The van der Waals surface area contributed by atoms with Crippen molar-refractivity contribution in [2.45, 2.75) is 18.9 Å². The Morgan fingerprint density at radius 3 is 2.85 bits per heavy atom. The third-order valence-corrected chi connectivity index (χ3v) is 4.00. The van der Waals surface area contributed by atoms with Gasteiger partial charge in [0, 0.05) is 29.9 Å². The van der Waals surface area contributed by atoms with Crippen molar-refractivity contribution in [3.63, 3.8) is 0 Å². The van der Waals surface area contributed by atoms with Crippen molar-refractivity contribution in [3.8, 4) is 0 Å². The van der Waals surface area contributed by atoms with Crippen molar-refractivity contribution in [1.82, 2.24) is 4.57 Å². The Balaban J connectivity index is 2.11. The lowest BCUT2D eigenvalue weighted by Gasteiger charge is -2.19. The van der Waals surface area contributed by atoms with Crippen LogP contribution in [0.15, 0.2) is 29.1 Å². The Morgan fingerprint density at radius 1 is 1.45 bits per heavy atom. The van der Waals surface area contributed by atoms with E-state index in [-0.39, 0.29) is 18.2 Å². The molecule has 20 heavy (non-hydrogen) atoms. The largest absolute Gasteiger partial charge is 0.399 e. The van der Waals surface area contributed by atoms with Gasteiger partial charge in [0.2, 0.25) is 0 Å². The summed E-state index contributed by atoms with van der Waals surface area (Å²) in [4.78, 5) is 12.0. The molecule has 1 aromatic heterocycles. The Bertz CT molecular complexity index is 704. The highest BCUT2D eigenvalue weighted by Gasteiger charge is 2.31. The molecule has 3 rings (SSSR count). The van der Waals surface area contributed by atoms with Gasteiger partial charge >= 0.3 is 0 Å². The van der Waals surface area contributed by atoms with Crippen molar-refractivity contribution < 1.29 is 5.11 Å². The monoisotopic (exact) mass is 273 g/mol. The summed E-state index contributed by atoms with van der Waals surface area (Å²) in [6.07, 6.45) is 2.26. The Labute approximate surface area is 117 Å². The van der Waals surface area contributed by atoms with E-state index >= 15 is 0 Å². The van der Waals surface area contributed by atoms with E-state index in [2.05, 4.69) is 5.32 Å². The van der Waals surface area contributed by atoms with Gasteiger partial charge in [-0.05, 0) is 37.0 Å². The molecular formula is C15H19N3O2. The van der Waals surface area contributed by atoms with Crippen molar-refractivity contribution in [1.29, 1.82) is 0 Å². The van der Waals surface area contributed by atoms with Gasteiger partial charge in [-0.3, -0.25) is 4.79 Å². The number of nitrogens with two attached hydrogens (primary N) is 1. The maximum Gasteiger partial charge on any atom is 0.252 e. The van der Waals surface area contributed by atoms with E-state index in [0.717, 1.165) is 29.4 Å². The number of nitrogens with zero attached hydrogens (tertiary/aromatic N) is 1. The van der Waals surface area contributed by atoms with Gasteiger partial charge in [0.25, 0.3) is 5.56 Å². The molecule has 0 aliphatic heterocycles. The molecule has 106 valence electrons. The molecule has 0 amide bonds. The summed E-state index contributed by atoms with van der Waals surface area (Å²) >= 11 is 0. The smallest absolute Gasteiger partial charge is 0.252 e. The van der Waals surface area contributed by atoms with Crippen LogP contribution < -0.4 is 16.6 Å². The predicted molar refractivity (Wildman–Crippen MR) is 80.8 cm³/mol. The van der Waals surface area contributed by atoms with Gasteiger partial charge in [0.1, 0.15) is 0 Å². The molecule has 5 nitrogen and oxygen atoms in total. The number of fused-ring (bicyclic) bond motifs is 1. The average molecular weight is 273 g/mol. The number of hydrogen-bond donors (Lipinski definition) is 3. The third kappa shape index (κ3) is 2.25. The number of aryl methyl sites for hydroxylation is 1. The van der Waals surface area contributed by atoms with Crippen LogP contribution >= 0.6 is 0 Å². The van der Waals surface area contributed by atoms with E-state index in [1.54, 1.807) is 23.7 Å². The van der Waals surface area contributed by atoms with Crippen molar-refractivity contribution >= 4 is 22.3 Å². The van der Waals surface area contributed by atoms with Gasteiger partial charge in [-0.25, -0.2) is 0 Å². The fourth-order valence-electron chi connectivity index (χ4n) is 2.61. The van der Waals surface area contributed by atoms with E-state index in [0.29, 0.717) is 11.6 Å². The maximum atomic E-state index is 12.0. The molecule has 1 unspecified atom stereocenters. The average Bonchev–Trinajstić information content (AvgIpc) is 3.25. The molecule has 0 radical (unpaired) electrons. The van der Waals surface area contributed by atoms with E-state index in [4.69, 9.17) is 5.73 Å². The zero-order valence-corrected chi connectivity index (χ0v) is 11.5. The molecule has 1 aromatic carbocycles. The van der Waals surface area contributed by atoms with Crippen LogP contribution in [0.3, 0.4) is 0 Å². The number of benzene rings is 1. The van der Waals surface area contributed by atoms with Crippen LogP contribution in [0.2, 0.25) is 0 Å². The van der Waals surface area contributed by atoms with Crippen molar-refractivity contribution in [2.75, 3.05) is 17.7 Å². The van der Waals surface area contributed by atoms with Crippen molar-refractivity contribution in [2.24, 2.45) is 13.0 Å². The van der Waals surface area contributed by atoms with E-state index in [1.807, 2.05) is 12.1 Å². The lowest BCUT2D eigenvalue weighted by atomic mass is 10.1. The molecule has 5 heteroatoms. The Morgan fingerprint density at radius 2 is 2.20 bits per heavy atom. The minimum atomic E-state index is -0.0720. The molecular weight excluding hydrogens is 254 g/mol. The molecule has 1 fully saturated rings. The van der Waals surface area contributed by atoms with Gasteiger partial charge in [-0.15, -0.1) is 0 Å². The summed E-state index contributed by atoms with van der Waals surface area (Å²) < 4.78 is 1.60. The number of pyridine rings is 1. The zero-order valence-electron chi connectivity index (χ0n) is 11.5. The fourth-order valence-corrected chi connectivity index (χ4v) is 2.61. The molecule has 0 saturated heterocycles. The lowest BCUT2D eigenvalue weighted by molar-refractivity contribution is 0.263. The summed E-state index contributed by atoms with van der Waals surface area (Å²) in [5.41, 5.74) is 8.02. The first-order chi connectivity index (χ1) is 9.60. The molecule has 4 N–H and O–H groups in total. The van der Waals surface area contributed by atoms with Crippen LogP contribution in [0.1, 0.15) is 12.8 Å². The van der Waals surface area contributed by atoms with Crippen LogP contribution in [-0.2, 0) is 7.05 Å². The highest BCUT2D eigenvalue weighted by atomic mass is 16.3. The first-order valence-electron chi connectivity index (χ1n) is 6.87. The summed E-state index contributed by atoms with van der Waals surface area (Å²) in [6, 6.07) is 7.08. The van der Waals surface area contributed by atoms with Gasteiger partial charge in [-0.1, -0.05) is 0 Å². The minimum Gasteiger partial charge on any atom is -0.399 e. The SMILES string of the molecule is Cn1c(=O)cc(NC(CO)C2CC2)c2cc(N)ccc21. The van der Waals surface area contributed by atoms with Crippen LogP contribution in [0.25, 0.3) is 10.9 Å².